The lowest BCUT2D eigenvalue weighted by molar-refractivity contribution is 0.0690. The van der Waals surface area contributed by atoms with E-state index in [1.807, 2.05) is 0 Å². The molecule has 0 aliphatic rings. The molecule has 7 heteroatoms. The Morgan fingerprint density at radius 2 is 2.26 bits per heavy atom. The molecule has 19 heavy (non-hydrogen) atoms. The second-order valence-electron chi connectivity index (χ2n) is 3.70. The molecule has 0 aliphatic carbocycles. The van der Waals surface area contributed by atoms with Gasteiger partial charge in [0.2, 0.25) is 0 Å². The molecule has 5 nitrogen and oxygen atoms in total. The molecule has 2 N–H and O–H groups in total. The van der Waals surface area contributed by atoms with E-state index in [0.29, 0.717) is 26.5 Å². The van der Waals surface area contributed by atoms with E-state index in [2.05, 4.69) is 10.3 Å². The molecule has 0 amide bonds. The fraction of sp³-hybridized carbons (Fsp3) is 0.167. The number of carbonyl (C=O) groups is 1. The van der Waals surface area contributed by atoms with Gasteiger partial charge >= 0.3 is 5.97 Å². The number of rotatable bonds is 4. The van der Waals surface area contributed by atoms with Crippen LogP contribution in [0.4, 0.5) is 10.8 Å². The number of carboxylic acid groups (broad SMARTS) is 1. The smallest absolute Gasteiger partial charge is 0.355 e. The molecule has 0 bridgehead atoms. The summed E-state index contributed by atoms with van der Waals surface area (Å²) in [6, 6.07) is 5.13. The van der Waals surface area contributed by atoms with E-state index in [4.69, 9.17) is 21.4 Å². The molecule has 1 aromatic carbocycles. The predicted octanol–water partition coefficient (Wildman–Crippen LogP) is 3.56. The van der Waals surface area contributed by atoms with Crippen LogP contribution in [-0.2, 0) is 0 Å². The number of carboxylic acids is 1. The number of halogens is 1. The highest BCUT2D eigenvalue weighted by Crippen LogP contribution is 2.32. The van der Waals surface area contributed by atoms with Gasteiger partial charge in [-0.3, -0.25) is 0 Å². The lowest BCUT2D eigenvalue weighted by Crippen LogP contribution is -1.99. The molecule has 0 atom stereocenters. The first-order valence-corrected chi connectivity index (χ1v) is 6.52. The van der Waals surface area contributed by atoms with Gasteiger partial charge in [0.05, 0.1) is 12.8 Å². The summed E-state index contributed by atoms with van der Waals surface area (Å²) < 4.78 is 5.20. The zero-order chi connectivity index (χ0) is 14.0. The predicted molar refractivity (Wildman–Crippen MR) is 75.1 cm³/mol. The van der Waals surface area contributed by atoms with Crippen molar-refractivity contribution in [2.24, 2.45) is 0 Å². The molecular weight excluding hydrogens is 288 g/mol. The lowest BCUT2D eigenvalue weighted by Gasteiger charge is -2.09. The van der Waals surface area contributed by atoms with Crippen LogP contribution >= 0.6 is 22.9 Å². The molecule has 1 aromatic heterocycles. The van der Waals surface area contributed by atoms with E-state index in [-0.39, 0.29) is 5.69 Å². The van der Waals surface area contributed by atoms with E-state index in [1.54, 1.807) is 32.2 Å². The number of hydrogen-bond donors (Lipinski definition) is 2. The average Bonchev–Trinajstić information content (AvgIpc) is 2.71. The summed E-state index contributed by atoms with van der Waals surface area (Å²) in [5, 5.41) is 13.0. The van der Waals surface area contributed by atoms with Crippen molar-refractivity contribution in [3.05, 3.63) is 33.8 Å². The summed E-state index contributed by atoms with van der Waals surface area (Å²) in [7, 11) is 1.55. The Labute approximate surface area is 118 Å². The maximum absolute atomic E-state index is 10.9. The van der Waals surface area contributed by atoms with Gasteiger partial charge in [-0.15, -0.1) is 11.3 Å². The number of nitrogens with one attached hydrogen (secondary N) is 1. The molecule has 0 fully saturated rings. The molecule has 0 spiro atoms. The number of aromatic carboxylic acids is 1. The van der Waals surface area contributed by atoms with Crippen molar-refractivity contribution in [2.45, 2.75) is 6.92 Å². The van der Waals surface area contributed by atoms with Gasteiger partial charge < -0.3 is 15.2 Å². The Morgan fingerprint density at radius 1 is 1.53 bits per heavy atom. The van der Waals surface area contributed by atoms with Crippen LogP contribution in [0, 0.1) is 6.92 Å². The van der Waals surface area contributed by atoms with Gasteiger partial charge in [-0.05, 0) is 25.1 Å². The van der Waals surface area contributed by atoms with Crippen LogP contribution in [0.25, 0.3) is 0 Å². The van der Waals surface area contributed by atoms with Crippen molar-refractivity contribution in [3.8, 4) is 5.75 Å². The van der Waals surface area contributed by atoms with Crippen molar-refractivity contribution >= 4 is 39.7 Å². The Hall–Kier alpha value is -1.79. The number of methoxy groups -OCH3 is 1. The fourth-order valence-electron chi connectivity index (χ4n) is 1.54. The molecule has 0 radical (unpaired) electrons. The molecule has 2 aromatic rings. The highest BCUT2D eigenvalue weighted by Gasteiger charge is 2.15. The summed E-state index contributed by atoms with van der Waals surface area (Å²) in [6.45, 7) is 1.71. The van der Waals surface area contributed by atoms with E-state index in [0.717, 1.165) is 0 Å². The molecule has 2 rings (SSSR count). The van der Waals surface area contributed by atoms with Gasteiger partial charge in [0.15, 0.2) is 10.8 Å². The van der Waals surface area contributed by atoms with Gasteiger partial charge in [0.25, 0.3) is 0 Å². The minimum atomic E-state index is -1.04. The normalized spacial score (nSPS) is 10.3. The quantitative estimate of drug-likeness (QED) is 0.903. The minimum Gasteiger partial charge on any atom is -0.495 e. The number of thiazole rings is 1. The summed E-state index contributed by atoms with van der Waals surface area (Å²) in [5.41, 5.74) is 0.689. The van der Waals surface area contributed by atoms with Gasteiger partial charge in [-0.1, -0.05) is 11.6 Å². The topological polar surface area (TPSA) is 71.5 Å². The van der Waals surface area contributed by atoms with Crippen LogP contribution in [0.5, 0.6) is 5.75 Å². The van der Waals surface area contributed by atoms with Gasteiger partial charge in [-0.2, -0.15) is 0 Å². The molecule has 0 unspecified atom stereocenters. The number of hydrogen-bond acceptors (Lipinski definition) is 5. The van der Waals surface area contributed by atoms with Gasteiger partial charge in [-0.25, -0.2) is 9.78 Å². The number of anilines is 2. The number of benzene rings is 1. The standard InChI is InChI=1S/C12H11ClN2O3S/c1-6-10(11(16)17)15-12(19-6)14-8-5-7(13)3-4-9(8)18-2/h3-5H,1-2H3,(H,14,15)(H,16,17). The largest absolute Gasteiger partial charge is 0.495 e. The Balaban J connectivity index is 2.33. The third-order valence-electron chi connectivity index (χ3n) is 2.40. The highest BCUT2D eigenvalue weighted by atomic mass is 35.5. The van der Waals surface area contributed by atoms with Gasteiger partial charge in [0.1, 0.15) is 5.75 Å². The van der Waals surface area contributed by atoms with Crippen molar-refractivity contribution in [3.63, 3.8) is 0 Å². The molecule has 0 saturated heterocycles. The van der Waals surface area contributed by atoms with Crippen LogP contribution in [0.2, 0.25) is 5.02 Å². The van der Waals surface area contributed by atoms with E-state index < -0.39 is 5.97 Å². The molecule has 0 saturated carbocycles. The molecule has 0 aliphatic heterocycles. The SMILES string of the molecule is COc1ccc(Cl)cc1Nc1nc(C(=O)O)c(C)s1. The number of aromatic nitrogens is 1. The highest BCUT2D eigenvalue weighted by molar-refractivity contribution is 7.15. The minimum absolute atomic E-state index is 0.0495. The summed E-state index contributed by atoms with van der Waals surface area (Å²) in [6.07, 6.45) is 0. The fourth-order valence-corrected chi connectivity index (χ4v) is 2.53. The third-order valence-corrected chi connectivity index (χ3v) is 3.52. The summed E-state index contributed by atoms with van der Waals surface area (Å²) in [4.78, 5) is 15.6. The lowest BCUT2D eigenvalue weighted by atomic mass is 10.3. The second-order valence-corrected chi connectivity index (χ2v) is 5.34. The van der Waals surface area contributed by atoms with Crippen molar-refractivity contribution in [1.29, 1.82) is 0 Å². The zero-order valence-corrected chi connectivity index (χ0v) is 11.8. The van der Waals surface area contributed by atoms with E-state index in [9.17, 15) is 4.79 Å². The number of aryl methyl sites for hydroxylation is 1. The Bertz CT molecular complexity index is 627. The summed E-state index contributed by atoms with van der Waals surface area (Å²) >= 11 is 7.18. The van der Waals surface area contributed by atoms with Gasteiger partial charge in [0, 0.05) is 9.90 Å². The van der Waals surface area contributed by atoms with Crippen LogP contribution < -0.4 is 10.1 Å². The van der Waals surface area contributed by atoms with E-state index >= 15 is 0 Å². The average molecular weight is 299 g/mol. The van der Waals surface area contributed by atoms with Crippen LogP contribution in [0.15, 0.2) is 18.2 Å². The first-order valence-electron chi connectivity index (χ1n) is 5.32. The third kappa shape index (κ3) is 2.97. The van der Waals surface area contributed by atoms with Crippen molar-refractivity contribution in [1.82, 2.24) is 4.98 Å². The van der Waals surface area contributed by atoms with Crippen LogP contribution in [0.1, 0.15) is 15.4 Å². The zero-order valence-electron chi connectivity index (χ0n) is 10.2. The molecule has 1 heterocycles. The second kappa shape index (κ2) is 5.46. The van der Waals surface area contributed by atoms with Crippen molar-refractivity contribution in [2.75, 3.05) is 12.4 Å². The van der Waals surface area contributed by atoms with E-state index in [1.165, 1.54) is 11.3 Å². The Kier molecular flexibility index (Phi) is 3.92. The van der Waals surface area contributed by atoms with Crippen LogP contribution in [-0.4, -0.2) is 23.2 Å². The maximum atomic E-state index is 10.9. The number of ether oxygens (including phenoxy) is 1. The number of nitrogens with zero attached hydrogens (tertiary/aromatic N) is 1. The van der Waals surface area contributed by atoms with Crippen LogP contribution in [0.3, 0.4) is 0 Å². The van der Waals surface area contributed by atoms with Crippen molar-refractivity contribution < 1.29 is 14.6 Å². The molecule has 100 valence electrons. The molecular formula is C12H11ClN2O3S. The monoisotopic (exact) mass is 298 g/mol. The Morgan fingerprint density at radius 3 is 2.84 bits per heavy atom. The first-order chi connectivity index (χ1) is 9.01. The summed E-state index contributed by atoms with van der Waals surface area (Å²) in [5.74, 6) is -0.436. The first kappa shape index (κ1) is 13.6. The maximum Gasteiger partial charge on any atom is 0.355 e.